The minimum absolute atomic E-state index is 0.146. The number of nitrogens with one attached hydrogen (secondary N) is 1. The molecule has 0 bridgehead atoms. The molecule has 0 fully saturated rings. The lowest BCUT2D eigenvalue weighted by molar-refractivity contribution is -0.384. The second-order valence-corrected chi connectivity index (χ2v) is 5.08. The Labute approximate surface area is 138 Å². The molecule has 0 spiro atoms. The number of rotatable bonds is 6. The summed E-state index contributed by atoms with van der Waals surface area (Å²) in [6.45, 7) is 2.07. The molecule has 0 unspecified atom stereocenters. The first-order valence-corrected chi connectivity index (χ1v) is 7.27. The van der Waals surface area contributed by atoms with Crippen LogP contribution in [0.15, 0.2) is 36.5 Å². The number of nitrogens with zero attached hydrogens (tertiary/aromatic N) is 2. The van der Waals surface area contributed by atoms with Crippen LogP contribution >= 0.6 is 0 Å². The molecule has 24 heavy (non-hydrogen) atoms. The number of hydrogen-bond donors (Lipinski definition) is 1. The van der Waals surface area contributed by atoms with E-state index >= 15 is 0 Å². The van der Waals surface area contributed by atoms with E-state index in [1.54, 1.807) is 38.2 Å². The van der Waals surface area contributed by atoms with Gasteiger partial charge in [-0.05, 0) is 24.6 Å². The van der Waals surface area contributed by atoms with E-state index in [1.807, 2.05) is 0 Å². The topological polar surface area (TPSA) is 103 Å². The average Bonchev–Trinajstić information content (AvgIpc) is 2.92. The zero-order valence-electron chi connectivity index (χ0n) is 13.3. The van der Waals surface area contributed by atoms with Gasteiger partial charge in [0.1, 0.15) is 5.69 Å². The van der Waals surface area contributed by atoms with E-state index in [0.717, 1.165) is 5.56 Å². The summed E-state index contributed by atoms with van der Waals surface area (Å²) in [7, 11) is 1.56. The number of carbonyl (C=O) groups excluding carboxylic acids is 2. The fourth-order valence-electron chi connectivity index (χ4n) is 2.15. The Kier molecular flexibility index (Phi) is 5.31. The standard InChI is InChI=1S/C16H17N3O5/c1-3-24-15(20)8-11-4-6-12(7-5-11)17-16(21)14-9-13(19(22)23)10-18(14)2/h4-7,9-10H,3,8H2,1-2H3,(H,17,21). The second kappa shape index (κ2) is 7.40. The summed E-state index contributed by atoms with van der Waals surface area (Å²) in [5.74, 6) is -0.769. The van der Waals surface area contributed by atoms with E-state index in [-0.39, 0.29) is 23.8 Å². The minimum atomic E-state index is -0.555. The van der Waals surface area contributed by atoms with E-state index in [0.29, 0.717) is 12.3 Å². The molecule has 1 heterocycles. The molecule has 2 aromatic rings. The number of ether oxygens (including phenoxy) is 1. The van der Waals surface area contributed by atoms with Gasteiger partial charge in [-0.15, -0.1) is 0 Å². The number of aromatic nitrogens is 1. The Morgan fingerprint density at radius 1 is 1.29 bits per heavy atom. The molecule has 0 atom stereocenters. The maximum Gasteiger partial charge on any atom is 0.310 e. The normalized spacial score (nSPS) is 10.2. The van der Waals surface area contributed by atoms with Crippen molar-refractivity contribution in [1.29, 1.82) is 0 Å². The van der Waals surface area contributed by atoms with Gasteiger partial charge >= 0.3 is 5.97 Å². The van der Waals surface area contributed by atoms with Gasteiger partial charge in [0.15, 0.2) is 0 Å². The zero-order chi connectivity index (χ0) is 17.7. The average molecular weight is 331 g/mol. The van der Waals surface area contributed by atoms with Gasteiger partial charge in [0.05, 0.1) is 24.1 Å². The van der Waals surface area contributed by atoms with Crippen LogP contribution in [0.5, 0.6) is 0 Å². The molecule has 1 aromatic carbocycles. The second-order valence-electron chi connectivity index (χ2n) is 5.08. The van der Waals surface area contributed by atoms with Crippen molar-refractivity contribution in [2.24, 2.45) is 7.05 Å². The summed E-state index contributed by atoms with van der Waals surface area (Å²) in [6, 6.07) is 7.94. The molecular formula is C16H17N3O5. The lowest BCUT2D eigenvalue weighted by Gasteiger charge is -2.07. The van der Waals surface area contributed by atoms with Crippen LogP contribution in [-0.4, -0.2) is 28.0 Å². The fourth-order valence-corrected chi connectivity index (χ4v) is 2.15. The molecule has 2 rings (SSSR count). The number of carbonyl (C=O) groups is 2. The third-order valence-electron chi connectivity index (χ3n) is 3.30. The summed E-state index contributed by atoms with van der Waals surface area (Å²) in [5.41, 5.74) is 1.32. The Morgan fingerprint density at radius 2 is 1.96 bits per heavy atom. The predicted octanol–water partition coefficient (Wildman–Crippen LogP) is 2.29. The summed E-state index contributed by atoms with van der Waals surface area (Å²) < 4.78 is 6.26. The van der Waals surface area contributed by atoms with E-state index in [4.69, 9.17) is 4.74 Å². The molecule has 126 valence electrons. The highest BCUT2D eigenvalue weighted by molar-refractivity contribution is 6.03. The van der Waals surface area contributed by atoms with E-state index in [1.165, 1.54) is 16.8 Å². The van der Waals surface area contributed by atoms with Crippen molar-refractivity contribution in [1.82, 2.24) is 4.57 Å². The van der Waals surface area contributed by atoms with Crippen molar-refractivity contribution in [3.05, 3.63) is 57.9 Å². The van der Waals surface area contributed by atoms with Crippen LogP contribution in [0.25, 0.3) is 0 Å². The molecule has 0 saturated heterocycles. The first-order chi connectivity index (χ1) is 11.4. The fraction of sp³-hybridized carbons (Fsp3) is 0.250. The van der Waals surface area contributed by atoms with Crippen LogP contribution in [0.2, 0.25) is 0 Å². The third-order valence-corrected chi connectivity index (χ3v) is 3.30. The largest absolute Gasteiger partial charge is 0.466 e. The summed E-state index contributed by atoms with van der Waals surface area (Å²) in [6.07, 6.45) is 1.43. The number of amides is 1. The van der Waals surface area contributed by atoms with Gasteiger partial charge in [-0.3, -0.25) is 19.7 Å². The maximum atomic E-state index is 12.2. The summed E-state index contributed by atoms with van der Waals surface area (Å²) in [5, 5.41) is 13.4. The van der Waals surface area contributed by atoms with Gasteiger partial charge in [-0.2, -0.15) is 0 Å². The van der Waals surface area contributed by atoms with Gasteiger partial charge in [-0.25, -0.2) is 0 Å². The molecule has 0 saturated carbocycles. The molecule has 8 nitrogen and oxygen atoms in total. The molecule has 0 aliphatic rings. The Morgan fingerprint density at radius 3 is 2.50 bits per heavy atom. The number of aryl methyl sites for hydroxylation is 1. The molecule has 0 aliphatic heterocycles. The van der Waals surface area contributed by atoms with Crippen LogP contribution in [0.4, 0.5) is 11.4 Å². The SMILES string of the molecule is CCOC(=O)Cc1ccc(NC(=O)c2cc([N+](=O)[O-])cn2C)cc1. The first-order valence-electron chi connectivity index (χ1n) is 7.27. The van der Waals surface area contributed by atoms with Crippen LogP contribution in [0, 0.1) is 10.1 Å². The van der Waals surface area contributed by atoms with Gasteiger partial charge in [0.25, 0.3) is 11.6 Å². The van der Waals surface area contributed by atoms with E-state index in [2.05, 4.69) is 5.32 Å². The van der Waals surface area contributed by atoms with Crippen LogP contribution in [0.3, 0.4) is 0 Å². The molecule has 0 aliphatic carbocycles. The van der Waals surface area contributed by atoms with Crippen molar-refractivity contribution < 1.29 is 19.2 Å². The van der Waals surface area contributed by atoms with Gasteiger partial charge < -0.3 is 14.6 Å². The van der Waals surface area contributed by atoms with Crippen LogP contribution in [-0.2, 0) is 23.0 Å². The van der Waals surface area contributed by atoms with Gasteiger partial charge in [-0.1, -0.05) is 12.1 Å². The summed E-state index contributed by atoms with van der Waals surface area (Å²) in [4.78, 5) is 33.8. The number of esters is 1. The number of hydrogen-bond acceptors (Lipinski definition) is 5. The molecule has 8 heteroatoms. The van der Waals surface area contributed by atoms with Crippen LogP contribution in [0.1, 0.15) is 23.0 Å². The van der Waals surface area contributed by atoms with Crippen LogP contribution < -0.4 is 5.32 Å². The highest BCUT2D eigenvalue weighted by Crippen LogP contribution is 2.17. The van der Waals surface area contributed by atoms with Gasteiger partial charge in [0, 0.05) is 18.8 Å². The van der Waals surface area contributed by atoms with Crippen molar-refractivity contribution in [2.75, 3.05) is 11.9 Å². The molecule has 1 amide bonds. The lowest BCUT2D eigenvalue weighted by atomic mass is 10.1. The van der Waals surface area contributed by atoms with E-state index < -0.39 is 10.8 Å². The Balaban J connectivity index is 2.04. The Hall–Kier alpha value is -3.16. The lowest BCUT2D eigenvalue weighted by Crippen LogP contribution is -2.15. The molecule has 0 radical (unpaired) electrons. The van der Waals surface area contributed by atoms with Crippen molar-refractivity contribution >= 4 is 23.3 Å². The number of nitro groups is 1. The van der Waals surface area contributed by atoms with Crippen molar-refractivity contribution in [3.8, 4) is 0 Å². The maximum absolute atomic E-state index is 12.2. The monoisotopic (exact) mass is 331 g/mol. The van der Waals surface area contributed by atoms with E-state index in [9.17, 15) is 19.7 Å². The smallest absolute Gasteiger partial charge is 0.310 e. The highest BCUT2D eigenvalue weighted by Gasteiger charge is 2.17. The predicted molar refractivity (Wildman–Crippen MR) is 86.8 cm³/mol. The summed E-state index contributed by atoms with van der Waals surface area (Å²) >= 11 is 0. The zero-order valence-corrected chi connectivity index (χ0v) is 13.3. The van der Waals surface area contributed by atoms with Crippen molar-refractivity contribution in [2.45, 2.75) is 13.3 Å². The molecular weight excluding hydrogens is 314 g/mol. The first kappa shape index (κ1) is 17.2. The Bertz CT molecular complexity index is 765. The minimum Gasteiger partial charge on any atom is -0.466 e. The number of anilines is 1. The highest BCUT2D eigenvalue weighted by atomic mass is 16.6. The quantitative estimate of drug-likeness (QED) is 0.497. The van der Waals surface area contributed by atoms with Gasteiger partial charge in [0.2, 0.25) is 0 Å². The number of benzene rings is 1. The molecule has 1 N–H and O–H groups in total. The van der Waals surface area contributed by atoms with Crippen molar-refractivity contribution in [3.63, 3.8) is 0 Å². The third kappa shape index (κ3) is 4.19. The molecule has 1 aromatic heterocycles.